The van der Waals surface area contributed by atoms with Crippen LogP contribution in [0.3, 0.4) is 0 Å². The van der Waals surface area contributed by atoms with Crippen molar-refractivity contribution in [3.63, 3.8) is 0 Å². The molecule has 0 fully saturated rings. The summed E-state index contributed by atoms with van der Waals surface area (Å²) in [5.74, 6) is -1.39. The summed E-state index contributed by atoms with van der Waals surface area (Å²) in [6.07, 6.45) is 0. The smallest absolute Gasteiger partial charge is 0.240 e. The van der Waals surface area contributed by atoms with Crippen LogP contribution in [-0.4, -0.2) is 24.1 Å². The first-order valence-electron chi connectivity index (χ1n) is 27.5. The molecular weight excluding hydrogens is 699 g/mol. The molecule has 57 heavy (non-hydrogen) atoms. The molecule has 0 amide bonds. The van der Waals surface area contributed by atoms with Gasteiger partial charge in [-0.2, -0.15) is 15.0 Å². The molecule has 4 heterocycles. The molecule has 8 aromatic carbocycles. The van der Waals surface area contributed by atoms with Gasteiger partial charge in [0, 0.05) is 37.9 Å². The Morgan fingerprint density at radius 3 is 1.61 bits per heavy atom. The lowest BCUT2D eigenvalue weighted by atomic mass is 10.0. The summed E-state index contributed by atoms with van der Waals surface area (Å²) >= 11 is 0. The number of para-hydroxylation sites is 4. The third-order valence-corrected chi connectivity index (χ3v) is 9.81. The van der Waals surface area contributed by atoms with E-state index in [4.69, 9.17) is 37.2 Å². The Labute approximate surface area is 354 Å². The lowest BCUT2D eigenvalue weighted by Crippen LogP contribution is -2.10. The minimum absolute atomic E-state index is 0.233. The van der Waals surface area contributed by atoms with Crippen molar-refractivity contribution < 1.29 is 31.8 Å². The lowest BCUT2D eigenvalue weighted by Gasteiger charge is -2.13. The van der Waals surface area contributed by atoms with Crippen molar-refractivity contribution >= 4 is 65.6 Å². The summed E-state index contributed by atoms with van der Waals surface area (Å²) < 4.78 is 187. The standard InChI is InChI=1S/C51H31N5O/c1-2-12-32(13-3-1)35-26-28-40-39-16-6-10-20-45(39)56(46(40)30-35)51-53-49(52-50(54-51)55-43-18-8-4-14-37(43)38-15-5-9-19-44(38)55)34-24-22-33(23-25-34)36-27-29-42-41-17-7-11-21-47(41)57-48(42)31-36/h1-31H/i1D,2D,3D,4D,5D,6D,8D,9D,10D,12D,13D,14D,15D,16D,18D,19D,20D,26D,28D,30D. The van der Waals surface area contributed by atoms with Gasteiger partial charge in [0.25, 0.3) is 0 Å². The van der Waals surface area contributed by atoms with Gasteiger partial charge in [0.05, 0.1) is 49.5 Å². The van der Waals surface area contributed by atoms with E-state index in [0.717, 1.165) is 25.5 Å². The molecule has 0 aliphatic rings. The number of benzene rings is 8. The molecule has 12 rings (SSSR count). The van der Waals surface area contributed by atoms with Gasteiger partial charge in [-0.1, -0.05) is 145 Å². The summed E-state index contributed by atoms with van der Waals surface area (Å²) in [6.45, 7) is 0. The fraction of sp³-hybridized carbons (Fsp3) is 0. The maximum atomic E-state index is 9.85. The highest BCUT2D eigenvalue weighted by Crippen LogP contribution is 2.37. The van der Waals surface area contributed by atoms with E-state index in [1.165, 1.54) is 0 Å². The first-order chi connectivity index (χ1) is 36.6. The third-order valence-electron chi connectivity index (χ3n) is 9.81. The zero-order valence-corrected chi connectivity index (χ0v) is 29.0. The first-order valence-corrected chi connectivity index (χ1v) is 17.5. The fourth-order valence-electron chi connectivity index (χ4n) is 7.23. The molecule has 0 spiro atoms. The second kappa shape index (κ2) is 12.3. The third kappa shape index (κ3) is 4.94. The van der Waals surface area contributed by atoms with E-state index < -0.39 is 171 Å². The minimum Gasteiger partial charge on any atom is -0.456 e. The zero-order chi connectivity index (χ0) is 54.9. The minimum atomic E-state index is -0.824. The SMILES string of the molecule is [2H]c1c([2H])c([2H])c(-c2c([2H])c([2H])c3c4c([2H])c([2H])c([2H])c([2H])c4n(-c4nc(-c5ccc(-c6ccc7c(c6)oc6ccccc67)cc5)nc(-n5c6c([2H])c([2H])c([2H])c([2H])c6c6c([2H])c([2H])c([2H])c([2H])c65)n4)c3c2[2H])c([2H])c1[2H]. The van der Waals surface area contributed by atoms with Crippen molar-refractivity contribution in [2.75, 3.05) is 0 Å². The number of aromatic nitrogens is 5. The average Bonchev–Trinajstić information content (AvgIpc) is 4.16. The highest BCUT2D eigenvalue weighted by molar-refractivity contribution is 6.11. The van der Waals surface area contributed by atoms with Crippen LogP contribution >= 0.6 is 0 Å². The highest BCUT2D eigenvalue weighted by Gasteiger charge is 2.21. The van der Waals surface area contributed by atoms with Crippen LogP contribution in [0.15, 0.2) is 192 Å². The van der Waals surface area contributed by atoms with Gasteiger partial charge in [-0.15, -0.1) is 0 Å². The molecule has 0 atom stereocenters. The van der Waals surface area contributed by atoms with Crippen molar-refractivity contribution in [1.29, 1.82) is 0 Å². The van der Waals surface area contributed by atoms with Crippen molar-refractivity contribution in [3.8, 4) is 45.5 Å². The molecule has 0 saturated heterocycles. The maximum absolute atomic E-state index is 9.85. The molecule has 6 nitrogen and oxygen atoms in total. The van der Waals surface area contributed by atoms with Crippen LogP contribution in [-0.2, 0) is 0 Å². The summed E-state index contributed by atoms with van der Waals surface area (Å²) in [5.41, 5.74) is 0.0264. The molecule has 0 aliphatic carbocycles. The van der Waals surface area contributed by atoms with E-state index in [9.17, 15) is 9.60 Å². The van der Waals surface area contributed by atoms with Crippen LogP contribution in [0.25, 0.3) is 111 Å². The van der Waals surface area contributed by atoms with Crippen LogP contribution in [0, 0.1) is 0 Å². The lowest BCUT2D eigenvalue weighted by molar-refractivity contribution is 0.669. The van der Waals surface area contributed by atoms with Crippen LogP contribution in [0.2, 0.25) is 0 Å². The van der Waals surface area contributed by atoms with E-state index in [1.807, 2.05) is 42.5 Å². The molecule has 0 aliphatic heterocycles. The first kappa shape index (κ1) is 17.8. The summed E-state index contributed by atoms with van der Waals surface area (Å²) in [6, 6.07) is 4.92. The topological polar surface area (TPSA) is 61.7 Å². The van der Waals surface area contributed by atoms with E-state index in [2.05, 4.69) is 0 Å². The zero-order valence-electron chi connectivity index (χ0n) is 49.0. The fourth-order valence-corrected chi connectivity index (χ4v) is 7.23. The molecule has 0 unspecified atom stereocenters. The molecule has 266 valence electrons. The van der Waals surface area contributed by atoms with Gasteiger partial charge >= 0.3 is 0 Å². The van der Waals surface area contributed by atoms with Crippen molar-refractivity contribution in [2.45, 2.75) is 0 Å². The van der Waals surface area contributed by atoms with E-state index in [1.54, 1.807) is 24.3 Å². The number of nitrogens with zero attached hydrogens (tertiary/aromatic N) is 5. The van der Waals surface area contributed by atoms with Gasteiger partial charge in [-0.05, 0) is 64.6 Å². The molecule has 4 aromatic heterocycles. The molecule has 0 radical (unpaired) electrons. The Morgan fingerprint density at radius 2 is 0.930 bits per heavy atom. The predicted molar refractivity (Wildman–Crippen MR) is 232 cm³/mol. The number of rotatable bonds is 5. The van der Waals surface area contributed by atoms with Gasteiger partial charge < -0.3 is 4.42 Å². The van der Waals surface area contributed by atoms with Gasteiger partial charge in [0.15, 0.2) is 5.82 Å². The molecule has 0 saturated carbocycles. The normalized spacial score (nSPS) is 16.8. The Hall–Kier alpha value is -7.83. The quantitative estimate of drug-likeness (QED) is 0.176. The van der Waals surface area contributed by atoms with Crippen molar-refractivity contribution in [1.82, 2.24) is 24.1 Å². The van der Waals surface area contributed by atoms with Gasteiger partial charge in [0.2, 0.25) is 11.9 Å². The van der Waals surface area contributed by atoms with Crippen molar-refractivity contribution in [3.05, 3.63) is 188 Å². The average molecular weight is 750 g/mol. The van der Waals surface area contributed by atoms with Crippen LogP contribution in [0.5, 0.6) is 0 Å². The summed E-state index contributed by atoms with van der Waals surface area (Å²) in [4.78, 5) is 14.4. The Bertz CT molecular complexity index is 4600. The molecular formula is C51H31N5O. The van der Waals surface area contributed by atoms with E-state index in [-0.39, 0.29) is 27.5 Å². The number of hydrogen-bond donors (Lipinski definition) is 0. The molecule has 0 N–H and O–H groups in total. The Kier molecular flexibility index (Phi) is 3.85. The van der Waals surface area contributed by atoms with E-state index in [0.29, 0.717) is 16.7 Å². The summed E-state index contributed by atoms with van der Waals surface area (Å²) in [7, 11) is 0. The molecule has 6 heteroatoms. The number of hydrogen-bond acceptors (Lipinski definition) is 4. The highest BCUT2D eigenvalue weighted by atomic mass is 16.3. The predicted octanol–water partition coefficient (Wildman–Crippen LogP) is 13.0. The molecule has 12 aromatic rings. The van der Waals surface area contributed by atoms with E-state index >= 15 is 0 Å². The van der Waals surface area contributed by atoms with Gasteiger partial charge in [-0.3, -0.25) is 9.13 Å². The Balaban J connectivity index is 1.23. The number of furan rings is 1. The van der Waals surface area contributed by atoms with Crippen LogP contribution < -0.4 is 0 Å². The van der Waals surface area contributed by atoms with Gasteiger partial charge in [0.1, 0.15) is 11.2 Å². The second-order valence-electron chi connectivity index (χ2n) is 13.0. The summed E-state index contributed by atoms with van der Waals surface area (Å²) in [5, 5.41) is 0.385. The second-order valence-corrected chi connectivity index (χ2v) is 13.0. The van der Waals surface area contributed by atoms with Crippen molar-refractivity contribution in [2.24, 2.45) is 0 Å². The number of fused-ring (bicyclic) bond motifs is 9. The van der Waals surface area contributed by atoms with Gasteiger partial charge in [-0.25, -0.2) is 0 Å². The maximum Gasteiger partial charge on any atom is 0.240 e. The largest absolute Gasteiger partial charge is 0.456 e. The Morgan fingerprint density at radius 1 is 0.386 bits per heavy atom. The monoisotopic (exact) mass is 749 g/mol. The van der Waals surface area contributed by atoms with Crippen LogP contribution in [0.1, 0.15) is 27.4 Å². The van der Waals surface area contributed by atoms with Crippen LogP contribution in [0.4, 0.5) is 0 Å². The molecule has 0 bridgehead atoms.